The molecule has 17 heavy (non-hydrogen) atoms. The highest BCUT2D eigenvalue weighted by Crippen LogP contribution is 2.09. The van der Waals surface area contributed by atoms with Gasteiger partial charge in [0.1, 0.15) is 39.3 Å². The Labute approximate surface area is 108 Å². The number of hydrogen-bond donors (Lipinski definition) is 3. The molecule has 4 heteroatoms. The Morgan fingerprint density at radius 1 is 1.12 bits per heavy atom. The van der Waals surface area contributed by atoms with E-state index < -0.39 is 0 Å². The van der Waals surface area contributed by atoms with Gasteiger partial charge in [-0.2, -0.15) is 0 Å². The summed E-state index contributed by atoms with van der Waals surface area (Å²) < 4.78 is 0. The van der Waals surface area contributed by atoms with Gasteiger partial charge in [0, 0.05) is 10.6 Å². The van der Waals surface area contributed by atoms with Gasteiger partial charge in [-0.05, 0) is 12.1 Å². The number of aliphatic hydroxyl groups is 1. The molecular weight excluding hydrogens is 236 g/mol. The van der Waals surface area contributed by atoms with E-state index in [4.69, 9.17) is 16.7 Å². The van der Waals surface area contributed by atoms with Crippen molar-refractivity contribution in [1.82, 2.24) is 0 Å². The van der Waals surface area contributed by atoms with Gasteiger partial charge in [0.2, 0.25) is 0 Å². The van der Waals surface area contributed by atoms with Crippen LogP contribution < -0.4 is 9.80 Å². The molecule has 0 unspecified atom stereocenters. The Kier molecular flexibility index (Phi) is 4.80. The Morgan fingerprint density at radius 2 is 1.82 bits per heavy atom. The first kappa shape index (κ1) is 12.8. The third-order valence-corrected chi connectivity index (χ3v) is 3.71. The van der Waals surface area contributed by atoms with Crippen molar-refractivity contribution in [2.75, 3.05) is 39.3 Å². The SMILES string of the molecule is OCC[NH+]1CC[NH+](Cc2cccc(Cl)c2)CC1. The number of quaternary nitrogens is 2. The first-order chi connectivity index (χ1) is 8.28. The predicted octanol–water partition coefficient (Wildman–Crippen LogP) is -1.38. The molecule has 0 saturated carbocycles. The first-order valence-electron chi connectivity index (χ1n) is 6.30. The molecule has 1 heterocycles. The minimum absolute atomic E-state index is 0.305. The predicted molar refractivity (Wildman–Crippen MR) is 68.5 cm³/mol. The van der Waals surface area contributed by atoms with Crippen molar-refractivity contribution in [3.63, 3.8) is 0 Å². The molecule has 0 atom stereocenters. The van der Waals surface area contributed by atoms with Crippen molar-refractivity contribution in [1.29, 1.82) is 0 Å². The number of nitrogens with one attached hydrogen (secondary N) is 2. The maximum absolute atomic E-state index is 8.91. The second kappa shape index (κ2) is 6.36. The molecule has 0 aliphatic carbocycles. The maximum Gasteiger partial charge on any atom is 0.127 e. The Morgan fingerprint density at radius 3 is 2.47 bits per heavy atom. The highest BCUT2D eigenvalue weighted by Gasteiger charge is 2.22. The number of piperazine rings is 1. The average Bonchev–Trinajstić information content (AvgIpc) is 2.32. The van der Waals surface area contributed by atoms with Gasteiger partial charge in [-0.1, -0.05) is 23.7 Å². The van der Waals surface area contributed by atoms with E-state index in [2.05, 4.69) is 12.1 Å². The summed E-state index contributed by atoms with van der Waals surface area (Å²) in [6.07, 6.45) is 0. The van der Waals surface area contributed by atoms with Gasteiger partial charge >= 0.3 is 0 Å². The molecule has 1 saturated heterocycles. The van der Waals surface area contributed by atoms with Gasteiger partial charge < -0.3 is 14.9 Å². The minimum atomic E-state index is 0.305. The van der Waals surface area contributed by atoms with E-state index in [0.29, 0.717) is 6.61 Å². The van der Waals surface area contributed by atoms with Crippen LogP contribution in [0.15, 0.2) is 24.3 Å². The highest BCUT2D eigenvalue weighted by atomic mass is 35.5. The summed E-state index contributed by atoms with van der Waals surface area (Å²) in [5.41, 5.74) is 1.32. The molecule has 3 nitrogen and oxygen atoms in total. The number of aliphatic hydroxyl groups excluding tert-OH is 1. The second-order valence-corrected chi connectivity index (χ2v) is 5.22. The van der Waals surface area contributed by atoms with Crippen molar-refractivity contribution in [2.45, 2.75) is 6.54 Å². The fraction of sp³-hybridized carbons (Fsp3) is 0.538. The molecule has 0 bridgehead atoms. The molecule has 0 radical (unpaired) electrons. The summed E-state index contributed by atoms with van der Waals surface area (Å²) in [7, 11) is 0. The quantitative estimate of drug-likeness (QED) is 0.609. The number of benzene rings is 1. The number of halogens is 1. The zero-order chi connectivity index (χ0) is 12.1. The summed E-state index contributed by atoms with van der Waals surface area (Å²) in [6.45, 7) is 6.95. The lowest BCUT2D eigenvalue weighted by atomic mass is 10.2. The van der Waals surface area contributed by atoms with Crippen molar-refractivity contribution in [3.8, 4) is 0 Å². The van der Waals surface area contributed by atoms with Crippen LogP contribution in [-0.2, 0) is 6.54 Å². The molecule has 0 amide bonds. The van der Waals surface area contributed by atoms with E-state index in [1.807, 2.05) is 12.1 Å². The van der Waals surface area contributed by atoms with E-state index in [1.54, 1.807) is 4.90 Å². The summed E-state index contributed by atoms with van der Waals surface area (Å²) in [5, 5.41) is 9.73. The van der Waals surface area contributed by atoms with E-state index in [9.17, 15) is 0 Å². The van der Waals surface area contributed by atoms with Gasteiger partial charge in [0.05, 0.1) is 6.61 Å². The Hall–Kier alpha value is -0.610. The fourth-order valence-electron chi connectivity index (χ4n) is 2.48. The monoisotopic (exact) mass is 256 g/mol. The molecule has 1 aliphatic heterocycles. The smallest absolute Gasteiger partial charge is 0.127 e. The summed E-state index contributed by atoms with van der Waals surface area (Å²) in [5.74, 6) is 0. The van der Waals surface area contributed by atoms with Gasteiger partial charge in [-0.25, -0.2) is 0 Å². The Balaban J connectivity index is 1.82. The molecular formula is C13H21ClN2O+2. The van der Waals surface area contributed by atoms with Crippen LogP contribution in [0.1, 0.15) is 5.56 Å². The van der Waals surface area contributed by atoms with E-state index >= 15 is 0 Å². The first-order valence-corrected chi connectivity index (χ1v) is 6.68. The molecule has 1 aliphatic rings. The van der Waals surface area contributed by atoms with E-state index in [-0.39, 0.29) is 0 Å². The summed E-state index contributed by atoms with van der Waals surface area (Å²) in [4.78, 5) is 3.15. The fourth-order valence-corrected chi connectivity index (χ4v) is 2.69. The van der Waals surface area contributed by atoms with Crippen LogP contribution in [0.25, 0.3) is 0 Å². The average molecular weight is 257 g/mol. The van der Waals surface area contributed by atoms with Crippen LogP contribution >= 0.6 is 11.6 Å². The van der Waals surface area contributed by atoms with Crippen molar-refractivity contribution < 1.29 is 14.9 Å². The molecule has 2 rings (SSSR count). The van der Waals surface area contributed by atoms with Crippen LogP contribution in [-0.4, -0.2) is 44.4 Å². The Bertz CT molecular complexity index is 351. The van der Waals surface area contributed by atoms with Crippen molar-refractivity contribution in [3.05, 3.63) is 34.9 Å². The van der Waals surface area contributed by atoms with Crippen molar-refractivity contribution in [2.24, 2.45) is 0 Å². The largest absolute Gasteiger partial charge is 0.391 e. The molecule has 3 N–H and O–H groups in total. The molecule has 0 spiro atoms. The zero-order valence-corrected chi connectivity index (χ0v) is 10.8. The van der Waals surface area contributed by atoms with Gasteiger partial charge in [0.25, 0.3) is 0 Å². The van der Waals surface area contributed by atoms with Crippen LogP contribution in [0.2, 0.25) is 5.02 Å². The van der Waals surface area contributed by atoms with Crippen LogP contribution in [0.5, 0.6) is 0 Å². The zero-order valence-electron chi connectivity index (χ0n) is 10.1. The van der Waals surface area contributed by atoms with Crippen LogP contribution in [0.4, 0.5) is 0 Å². The van der Waals surface area contributed by atoms with Crippen LogP contribution in [0, 0.1) is 0 Å². The topological polar surface area (TPSA) is 29.1 Å². The third kappa shape index (κ3) is 3.96. The normalized spacial score (nSPS) is 24.8. The molecule has 1 aromatic rings. The highest BCUT2D eigenvalue weighted by molar-refractivity contribution is 6.30. The lowest BCUT2D eigenvalue weighted by Crippen LogP contribution is -3.27. The molecule has 94 valence electrons. The van der Waals surface area contributed by atoms with Gasteiger partial charge in [0.15, 0.2) is 0 Å². The van der Waals surface area contributed by atoms with E-state index in [1.165, 1.54) is 23.6 Å². The molecule has 1 fully saturated rings. The molecule has 0 aromatic heterocycles. The van der Waals surface area contributed by atoms with E-state index in [0.717, 1.165) is 31.2 Å². The molecule has 1 aromatic carbocycles. The number of rotatable bonds is 4. The lowest BCUT2D eigenvalue weighted by molar-refractivity contribution is -1.02. The standard InChI is InChI=1S/C13H19ClN2O/c14-13-3-1-2-12(10-13)11-16-6-4-15(5-7-16)8-9-17/h1-3,10,17H,4-9,11H2/p+2. The lowest BCUT2D eigenvalue weighted by Gasteiger charge is -2.29. The van der Waals surface area contributed by atoms with Gasteiger partial charge in [-0.3, -0.25) is 0 Å². The van der Waals surface area contributed by atoms with Crippen molar-refractivity contribution >= 4 is 11.6 Å². The maximum atomic E-state index is 8.91. The summed E-state index contributed by atoms with van der Waals surface area (Å²) in [6, 6.07) is 8.14. The van der Waals surface area contributed by atoms with Gasteiger partial charge in [-0.15, -0.1) is 0 Å². The minimum Gasteiger partial charge on any atom is -0.391 e. The number of hydrogen-bond acceptors (Lipinski definition) is 1. The third-order valence-electron chi connectivity index (χ3n) is 3.47. The second-order valence-electron chi connectivity index (χ2n) is 4.78. The summed E-state index contributed by atoms with van der Waals surface area (Å²) >= 11 is 5.99. The van der Waals surface area contributed by atoms with Crippen LogP contribution in [0.3, 0.4) is 0 Å².